The second-order valence-corrected chi connectivity index (χ2v) is 9.79. The average Bonchev–Trinajstić information content (AvgIpc) is 3.59. The predicted octanol–water partition coefficient (Wildman–Crippen LogP) is 3.30. The lowest BCUT2D eigenvalue weighted by Gasteiger charge is -2.27. The van der Waals surface area contributed by atoms with Crippen LogP contribution < -0.4 is 0 Å². The molecule has 0 bridgehead atoms. The van der Waals surface area contributed by atoms with Gasteiger partial charge in [0.1, 0.15) is 5.82 Å². The number of sulfonamides is 1. The fraction of sp³-hybridized carbons (Fsp3) is 0.381. The summed E-state index contributed by atoms with van der Waals surface area (Å²) in [5.41, 5.74) is 0.949. The lowest BCUT2D eigenvalue weighted by molar-refractivity contribution is 0.0725. The Morgan fingerprint density at radius 3 is 2.43 bits per heavy atom. The van der Waals surface area contributed by atoms with Crippen molar-refractivity contribution >= 4 is 27.5 Å². The molecule has 2 aromatic carbocycles. The lowest BCUT2D eigenvalue weighted by atomic mass is 10.1. The summed E-state index contributed by atoms with van der Waals surface area (Å²) in [5.74, 6) is -0.669. The van der Waals surface area contributed by atoms with Crippen molar-refractivity contribution in [3.8, 4) is 0 Å². The number of hydrogen-bond donors (Lipinski definition) is 0. The summed E-state index contributed by atoms with van der Waals surface area (Å²) in [6, 6.07) is 10.3. The van der Waals surface area contributed by atoms with Crippen LogP contribution in [-0.4, -0.2) is 55.9 Å². The molecule has 160 valence electrons. The quantitative estimate of drug-likeness (QED) is 0.674. The van der Waals surface area contributed by atoms with Crippen LogP contribution in [0.15, 0.2) is 47.4 Å². The van der Waals surface area contributed by atoms with E-state index in [0.717, 1.165) is 18.4 Å². The van der Waals surface area contributed by atoms with Crippen LogP contribution in [0.3, 0.4) is 0 Å². The summed E-state index contributed by atoms with van der Waals surface area (Å²) < 4.78 is 45.8. The van der Waals surface area contributed by atoms with Gasteiger partial charge in [0.25, 0.3) is 5.91 Å². The molecule has 1 heterocycles. The number of amides is 1. The molecule has 0 N–H and O–H groups in total. The Morgan fingerprint density at radius 1 is 1.13 bits per heavy atom. The minimum absolute atomic E-state index is 0.0367. The van der Waals surface area contributed by atoms with Crippen molar-refractivity contribution < 1.29 is 22.3 Å². The van der Waals surface area contributed by atoms with Gasteiger partial charge in [-0.25, -0.2) is 12.8 Å². The molecule has 1 saturated carbocycles. The summed E-state index contributed by atoms with van der Waals surface area (Å²) in [6.45, 7) is 1.53. The van der Waals surface area contributed by atoms with E-state index >= 15 is 0 Å². The van der Waals surface area contributed by atoms with Gasteiger partial charge >= 0.3 is 0 Å². The van der Waals surface area contributed by atoms with E-state index in [1.165, 1.54) is 34.6 Å². The molecule has 6 nitrogen and oxygen atoms in total. The maximum atomic E-state index is 13.3. The smallest absolute Gasteiger partial charge is 0.255 e. The molecule has 4 rings (SSSR count). The van der Waals surface area contributed by atoms with Crippen molar-refractivity contribution in [1.29, 1.82) is 0 Å². The number of rotatable bonds is 6. The van der Waals surface area contributed by atoms with Gasteiger partial charge in [-0.2, -0.15) is 4.31 Å². The molecule has 30 heavy (non-hydrogen) atoms. The summed E-state index contributed by atoms with van der Waals surface area (Å²) in [6.07, 6.45) is 1.74. The molecule has 1 aliphatic heterocycles. The van der Waals surface area contributed by atoms with Crippen molar-refractivity contribution in [1.82, 2.24) is 9.21 Å². The number of benzene rings is 2. The molecular weight excluding hydrogens is 431 g/mol. The van der Waals surface area contributed by atoms with E-state index in [-0.39, 0.29) is 46.3 Å². The number of hydrogen-bond acceptors (Lipinski definition) is 4. The van der Waals surface area contributed by atoms with Crippen molar-refractivity contribution in [3.05, 3.63) is 64.4 Å². The molecule has 1 saturated heterocycles. The van der Waals surface area contributed by atoms with Crippen LogP contribution in [-0.2, 0) is 21.3 Å². The standard InChI is InChI=1S/C21H22ClFN2O4S/c22-20-8-7-18(30(27,28)24-9-11-29-12-10-24)13-19(20)21(26)25(17-5-6-17)14-15-1-3-16(23)4-2-15/h1-4,7-8,13,17H,5-6,9-12,14H2. The Balaban J connectivity index is 1.62. The molecule has 0 spiro atoms. The highest BCUT2D eigenvalue weighted by molar-refractivity contribution is 7.89. The van der Waals surface area contributed by atoms with E-state index in [9.17, 15) is 17.6 Å². The largest absolute Gasteiger partial charge is 0.379 e. The van der Waals surface area contributed by atoms with Gasteiger partial charge in [-0.3, -0.25) is 4.79 Å². The Bertz CT molecular complexity index is 1040. The Kier molecular flexibility index (Phi) is 6.11. The van der Waals surface area contributed by atoms with Crippen LogP contribution in [0.1, 0.15) is 28.8 Å². The fourth-order valence-corrected chi connectivity index (χ4v) is 5.09. The third-order valence-electron chi connectivity index (χ3n) is 5.29. The van der Waals surface area contributed by atoms with Gasteiger partial charge in [-0.05, 0) is 48.7 Å². The van der Waals surface area contributed by atoms with Gasteiger partial charge in [-0.1, -0.05) is 23.7 Å². The van der Waals surface area contributed by atoms with Gasteiger partial charge in [0.05, 0.1) is 28.7 Å². The van der Waals surface area contributed by atoms with Crippen LogP contribution in [0.4, 0.5) is 4.39 Å². The van der Waals surface area contributed by atoms with Gasteiger partial charge < -0.3 is 9.64 Å². The number of nitrogens with zero attached hydrogens (tertiary/aromatic N) is 2. The number of morpholine rings is 1. The maximum Gasteiger partial charge on any atom is 0.255 e. The maximum absolute atomic E-state index is 13.3. The lowest BCUT2D eigenvalue weighted by Crippen LogP contribution is -2.40. The Labute approximate surface area is 180 Å². The normalized spacial score (nSPS) is 17.7. The van der Waals surface area contributed by atoms with E-state index < -0.39 is 10.0 Å². The zero-order valence-corrected chi connectivity index (χ0v) is 17.8. The number of carbonyl (C=O) groups is 1. The summed E-state index contributed by atoms with van der Waals surface area (Å²) >= 11 is 6.29. The van der Waals surface area contributed by atoms with Crippen molar-refractivity contribution in [2.75, 3.05) is 26.3 Å². The van der Waals surface area contributed by atoms with Gasteiger partial charge in [-0.15, -0.1) is 0 Å². The van der Waals surface area contributed by atoms with Crippen LogP contribution >= 0.6 is 11.6 Å². The third-order valence-corrected chi connectivity index (χ3v) is 7.51. The SMILES string of the molecule is O=C(c1cc(S(=O)(=O)N2CCOCC2)ccc1Cl)N(Cc1ccc(F)cc1)C1CC1. The number of carbonyl (C=O) groups excluding carboxylic acids is 1. The number of ether oxygens (including phenoxy) is 1. The molecule has 9 heteroatoms. The molecule has 0 radical (unpaired) electrons. The van der Waals surface area contributed by atoms with Crippen LogP contribution in [0.2, 0.25) is 5.02 Å². The minimum atomic E-state index is -3.75. The first kappa shape index (κ1) is 21.2. The summed E-state index contributed by atoms with van der Waals surface area (Å²) in [7, 11) is -3.75. The molecule has 1 aliphatic carbocycles. The van der Waals surface area contributed by atoms with Crippen LogP contribution in [0, 0.1) is 5.82 Å². The van der Waals surface area contributed by atoms with Crippen molar-refractivity contribution in [2.24, 2.45) is 0 Å². The monoisotopic (exact) mass is 452 g/mol. The first-order valence-corrected chi connectivity index (χ1v) is 11.6. The highest BCUT2D eigenvalue weighted by Crippen LogP contribution is 2.32. The van der Waals surface area contributed by atoms with E-state index in [1.807, 2.05) is 0 Å². The molecule has 2 aromatic rings. The second kappa shape index (κ2) is 8.63. The topological polar surface area (TPSA) is 66.9 Å². The van der Waals surface area contributed by atoms with Gasteiger partial charge in [0.2, 0.25) is 10.0 Å². The van der Waals surface area contributed by atoms with Gasteiger partial charge in [0, 0.05) is 25.7 Å². The van der Waals surface area contributed by atoms with E-state index in [1.54, 1.807) is 17.0 Å². The number of halogens is 2. The highest BCUT2D eigenvalue weighted by Gasteiger charge is 2.35. The molecular formula is C21H22ClFN2O4S. The van der Waals surface area contributed by atoms with Crippen LogP contribution in [0.25, 0.3) is 0 Å². The first-order chi connectivity index (χ1) is 14.4. The first-order valence-electron chi connectivity index (χ1n) is 9.79. The Morgan fingerprint density at radius 2 is 1.80 bits per heavy atom. The zero-order valence-electron chi connectivity index (χ0n) is 16.3. The molecule has 0 unspecified atom stereocenters. The van der Waals surface area contributed by atoms with Crippen molar-refractivity contribution in [2.45, 2.75) is 30.3 Å². The van der Waals surface area contributed by atoms with Crippen molar-refractivity contribution in [3.63, 3.8) is 0 Å². The molecule has 0 atom stereocenters. The van der Waals surface area contributed by atoms with Crippen LogP contribution in [0.5, 0.6) is 0 Å². The average molecular weight is 453 g/mol. The van der Waals surface area contributed by atoms with E-state index in [0.29, 0.717) is 19.8 Å². The summed E-state index contributed by atoms with van der Waals surface area (Å²) in [4.78, 5) is 15.0. The predicted molar refractivity (Wildman–Crippen MR) is 110 cm³/mol. The molecule has 2 aliphatic rings. The minimum Gasteiger partial charge on any atom is -0.379 e. The van der Waals surface area contributed by atoms with E-state index in [2.05, 4.69) is 0 Å². The van der Waals surface area contributed by atoms with E-state index in [4.69, 9.17) is 16.3 Å². The summed E-state index contributed by atoms with van der Waals surface area (Å²) in [5, 5.41) is 0.200. The third kappa shape index (κ3) is 4.51. The van der Waals surface area contributed by atoms with Gasteiger partial charge in [0.15, 0.2) is 0 Å². The Hall–Kier alpha value is -2.00. The second-order valence-electron chi connectivity index (χ2n) is 7.45. The highest BCUT2D eigenvalue weighted by atomic mass is 35.5. The zero-order chi connectivity index (χ0) is 21.3. The molecule has 2 fully saturated rings. The molecule has 1 amide bonds. The fourth-order valence-electron chi connectivity index (χ4n) is 3.46. The molecule has 0 aromatic heterocycles.